The molecular weight excluding hydrogens is 544 g/mol. The van der Waals surface area contributed by atoms with Crippen LogP contribution in [-0.2, 0) is 0 Å². The first-order valence-electron chi connectivity index (χ1n) is 15.0. The van der Waals surface area contributed by atoms with E-state index < -0.39 is 23.4 Å². The Morgan fingerprint density at radius 1 is 0.386 bits per heavy atom. The second kappa shape index (κ2) is 21.2. The zero-order valence-corrected chi connectivity index (χ0v) is 28.5. The van der Waals surface area contributed by atoms with Crippen molar-refractivity contribution in [1.82, 2.24) is 0 Å². The molecule has 0 aromatic heterocycles. The Balaban J connectivity index is 4.87. The molecule has 0 unspecified atom stereocenters. The van der Waals surface area contributed by atoms with Crippen molar-refractivity contribution in [3.63, 3.8) is 0 Å². The van der Waals surface area contributed by atoms with E-state index in [1.807, 2.05) is 101 Å². The third-order valence-electron chi connectivity index (χ3n) is 6.23. The number of allylic oxidation sites excluding steroid dienone is 24. The average molecular weight is 601 g/mol. The molecule has 0 saturated carbocycles. The highest BCUT2D eigenvalue weighted by atomic mass is 16.3. The van der Waals surface area contributed by atoms with Gasteiger partial charge in [-0.05, 0) is 69.2 Å². The molecule has 2 atom stereocenters. The summed E-state index contributed by atoms with van der Waals surface area (Å²) in [6.45, 7) is 18.4. The zero-order valence-electron chi connectivity index (χ0n) is 28.5. The predicted molar refractivity (Wildman–Crippen MR) is 191 cm³/mol. The molecule has 0 fully saturated rings. The van der Waals surface area contributed by atoms with Crippen LogP contribution in [0.25, 0.3) is 0 Å². The van der Waals surface area contributed by atoms with Crippen LogP contribution in [-0.4, -0.2) is 43.8 Å². The second-order valence-corrected chi connectivity index (χ2v) is 12.2. The first kappa shape index (κ1) is 40.5. The van der Waals surface area contributed by atoms with Gasteiger partial charge in [0, 0.05) is 0 Å². The van der Waals surface area contributed by atoms with Crippen LogP contribution in [0.1, 0.15) is 69.2 Å². The molecule has 4 N–H and O–H groups in total. The Kier molecular flexibility index (Phi) is 19.5. The van der Waals surface area contributed by atoms with Gasteiger partial charge in [0.25, 0.3) is 0 Å². The minimum atomic E-state index is -1.16. The number of aliphatic hydroxyl groups is 4. The quantitative estimate of drug-likeness (QED) is 0.133. The predicted octanol–water partition coefficient (Wildman–Crippen LogP) is 8.82. The summed E-state index contributed by atoms with van der Waals surface area (Å²) in [5.41, 5.74) is 4.15. The van der Waals surface area contributed by atoms with Gasteiger partial charge in [0.1, 0.15) is 12.2 Å². The molecule has 0 aromatic carbocycles. The Morgan fingerprint density at radius 3 is 0.818 bits per heavy atom. The van der Waals surface area contributed by atoms with Crippen molar-refractivity contribution in [2.45, 2.75) is 92.6 Å². The molecule has 0 aliphatic heterocycles. The minimum Gasteiger partial charge on any atom is -0.387 e. The monoisotopic (exact) mass is 600 g/mol. The van der Waals surface area contributed by atoms with Gasteiger partial charge in [-0.25, -0.2) is 0 Å². The van der Waals surface area contributed by atoms with E-state index in [0.29, 0.717) is 0 Å². The molecule has 44 heavy (non-hydrogen) atoms. The third-order valence-corrected chi connectivity index (χ3v) is 6.23. The highest BCUT2D eigenvalue weighted by molar-refractivity contribution is 5.33. The summed E-state index contributed by atoms with van der Waals surface area (Å²) in [6, 6.07) is 0. The molecule has 4 nitrogen and oxygen atoms in total. The Labute approximate surface area is 267 Å². The summed E-state index contributed by atoms with van der Waals surface area (Å²) in [5, 5.41) is 39.3. The second-order valence-electron chi connectivity index (χ2n) is 12.2. The van der Waals surface area contributed by atoms with Crippen LogP contribution in [0.4, 0.5) is 0 Å². The van der Waals surface area contributed by atoms with E-state index in [9.17, 15) is 20.4 Å². The molecule has 0 bridgehead atoms. The van der Waals surface area contributed by atoms with Crippen molar-refractivity contribution in [3.8, 4) is 0 Å². The van der Waals surface area contributed by atoms with Gasteiger partial charge in [-0.1, -0.05) is 155 Å². The van der Waals surface area contributed by atoms with Crippen molar-refractivity contribution in [2.24, 2.45) is 0 Å². The fourth-order valence-corrected chi connectivity index (χ4v) is 3.11. The Bertz CT molecular complexity index is 1180. The molecule has 0 spiro atoms. The molecule has 0 amide bonds. The van der Waals surface area contributed by atoms with Crippen LogP contribution < -0.4 is 0 Å². The summed E-state index contributed by atoms with van der Waals surface area (Å²) >= 11 is 0. The number of rotatable bonds is 16. The molecule has 0 radical (unpaired) electrons. The topological polar surface area (TPSA) is 80.9 Å². The summed E-state index contributed by atoms with van der Waals surface area (Å²) in [5.74, 6) is 0. The van der Waals surface area contributed by atoms with Gasteiger partial charge in [0.15, 0.2) is 0 Å². The Morgan fingerprint density at radius 2 is 0.591 bits per heavy atom. The molecule has 0 aliphatic carbocycles. The molecule has 0 saturated heterocycles. The normalized spacial score (nSPS) is 17.8. The van der Waals surface area contributed by atoms with E-state index >= 15 is 0 Å². The number of hydrogen-bond acceptors (Lipinski definition) is 4. The largest absolute Gasteiger partial charge is 0.387 e. The van der Waals surface area contributed by atoms with Gasteiger partial charge >= 0.3 is 0 Å². The summed E-state index contributed by atoms with van der Waals surface area (Å²) in [7, 11) is 0. The standard InChI is InChI=1S/C40H56O4/c1-31(19-13-21-33(3)23-15-25-35(5)27-29-37(41)39(7,8)43)17-11-12-18-32(2)20-14-22-34(4)24-16-26-36(6)28-30-38(42)40(9,10)44/h11-30,37-38,41-44H,1-10H3/b12-11+,19-13+,20-14+,23-15+,24-16+,29-27+,30-28+,31-17+,32-18+,33-21+,34-22+,35-25+,36-26+/t37-,38+. The summed E-state index contributed by atoms with van der Waals surface area (Å²) in [6.07, 6.45) is 37.3. The van der Waals surface area contributed by atoms with E-state index in [-0.39, 0.29) is 0 Å². The molecule has 0 rings (SSSR count). The lowest BCUT2D eigenvalue weighted by molar-refractivity contribution is -0.0227. The lowest BCUT2D eigenvalue weighted by Gasteiger charge is -2.21. The molecule has 0 aliphatic rings. The van der Waals surface area contributed by atoms with Gasteiger partial charge in [0.05, 0.1) is 11.2 Å². The average Bonchev–Trinajstić information content (AvgIpc) is 2.91. The molecule has 0 aromatic rings. The van der Waals surface area contributed by atoms with Gasteiger partial charge in [-0.15, -0.1) is 0 Å². The highest BCUT2D eigenvalue weighted by Gasteiger charge is 2.21. The van der Waals surface area contributed by atoms with Crippen LogP contribution in [0, 0.1) is 0 Å². The van der Waals surface area contributed by atoms with Gasteiger partial charge in [0.2, 0.25) is 0 Å². The van der Waals surface area contributed by atoms with Crippen molar-refractivity contribution in [3.05, 3.63) is 155 Å². The van der Waals surface area contributed by atoms with E-state index in [0.717, 1.165) is 33.4 Å². The SMILES string of the molecule is CC(/C=C/C=C(C)/C=C/C=C(C)/C=C/[C@@H](O)C(C)(C)O)=C\C=C\C=C(C)\C=C\C=C(C)\C=C\C=C(C)\C=C\[C@H](O)C(C)(C)O. The van der Waals surface area contributed by atoms with Crippen molar-refractivity contribution in [1.29, 1.82) is 0 Å². The molecular formula is C40H56O4. The molecule has 4 heteroatoms. The van der Waals surface area contributed by atoms with Crippen molar-refractivity contribution in [2.75, 3.05) is 0 Å². The highest BCUT2D eigenvalue weighted by Crippen LogP contribution is 2.12. The van der Waals surface area contributed by atoms with Gasteiger partial charge < -0.3 is 20.4 Å². The molecule has 240 valence electrons. The number of aliphatic hydroxyl groups excluding tert-OH is 2. The van der Waals surface area contributed by atoms with Crippen LogP contribution >= 0.6 is 0 Å². The van der Waals surface area contributed by atoms with Gasteiger partial charge in [-0.3, -0.25) is 0 Å². The third kappa shape index (κ3) is 22.1. The van der Waals surface area contributed by atoms with E-state index in [2.05, 4.69) is 38.2 Å². The van der Waals surface area contributed by atoms with Crippen LogP contribution in [0.3, 0.4) is 0 Å². The van der Waals surface area contributed by atoms with Crippen molar-refractivity contribution >= 4 is 0 Å². The first-order chi connectivity index (χ1) is 20.4. The van der Waals surface area contributed by atoms with Crippen LogP contribution in [0.15, 0.2) is 155 Å². The molecule has 0 heterocycles. The minimum absolute atomic E-state index is 0.909. The summed E-state index contributed by atoms with van der Waals surface area (Å²) < 4.78 is 0. The fraction of sp³-hybridized carbons (Fsp3) is 0.350. The maximum Gasteiger partial charge on any atom is 0.101 e. The first-order valence-corrected chi connectivity index (χ1v) is 15.0. The maximum absolute atomic E-state index is 9.87. The van der Waals surface area contributed by atoms with E-state index in [4.69, 9.17) is 0 Å². The van der Waals surface area contributed by atoms with E-state index in [1.54, 1.807) is 52.0 Å². The number of hydrogen-bond donors (Lipinski definition) is 4. The fourth-order valence-electron chi connectivity index (χ4n) is 3.11. The van der Waals surface area contributed by atoms with Crippen LogP contribution in [0.2, 0.25) is 0 Å². The smallest absolute Gasteiger partial charge is 0.101 e. The summed E-state index contributed by atoms with van der Waals surface area (Å²) in [4.78, 5) is 0. The van der Waals surface area contributed by atoms with Crippen LogP contribution in [0.5, 0.6) is 0 Å². The zero-order chi connectivity index (χ0) is 33.8. The maximum atomic E-state index is 9.87. The van der Waals surface area contributed by atoms with Crippen molar-refractivity contribution < 1.29 is 20.4 Å². The Hall–Kier alpha value is -3.54. The lowest BCUT2D eigenvalue weighted by atomic mass is 10.0. The van der Waals surface area contributed by atoms with Gasteiger partial charge in [-0.2, -0.15) is 0 Å². The van der Waals surface area contributed by atoms with E-state index in [1.165, 1.54) is 0 Å². The lowest BCUT2D eigenvalue weighted by Crippen LogP contribution is -2.34.